The molecule has 0 spiro atoms. The SMILES string of the molecule is Cc1c(C(C)C)c(=O)oc2c(F)c(O)c(F)cc12. The van der Waals surface area contributed by atoms with Gasteiger partial charge >= 0.3 is 5.63 Å². The van der Waals surface area contributed by atoms with Gasteiger partial charge in [-0.15, -0.1) is 0 Å². The van der Waals surface area contributed by atoms with Gasteiger partial charge in [0.05, 0.1) is 0 Å². The molecule has 0 amide bonds. The Labute approximate surface area is 102 Å². The Morgan fingerprint density at radius 2 is 1.94 bits per heavy atom. The summed E-state index contributed by atoms with van der Waals surface area (Å²) in [5.41, 5.74) is -0.234. The lowest BCUT2D eigenvalue weighted by molar-refractivity contribution is 0.391. The summed E-state index contributed by atoms with van der Waals surface area (Å²) in [6.07, 6.45) is 0. The molecular weight excluding hydrogens is 242 g/mol. The average molecular weight is 254 g/mol. The fourth-order valence-electron chi connectivity index (χ4n) is 2.08. The zero-order valence-corrected chi connectivity index (χ0v) is 10.2. The number of hydrogen-bond acceptors (Lipinski definition) is 3. The molecule has 0 aliphatic carbocycles. The van der Waals surface area contributed by atoms with Gasteiger partial charge in [0.15, 0.2) is 17.1 Å². The summed E-state index contributed by atoms with van der Waals surface area (Å²) >= 11 is 0. The van der Waals surface area contributed by atoms with E-state index in [-0.39, 0.29) is 11.3 Å². The highest BCUT2D eigenvalue weighted by atomic mass is 19.1. The van der Waals surface area contributed by atoms with Crippen LogP contribution in [0, 0.1) is 18.6 Å². The second-order valence-corrected chi connectivity index (χ2v) is 4.48. The van der Waals surface area contributed by atoms with Gasteiger partial charge < -0.3 is 9.52 Å². The summed E-state index contributed by atoms with van der Waals surface area (Å²) < 4.78 is 31.8. The molecule has 2 rings (SSSR count). The highest BCUT2D eigenvalue weighted by Gasteiger charge is 2.20. The van der Waals surface area contributed by atoms with Crippen LogP contribution in [0.5, 0.6) is 5.75 Å². The smallest absolute Gasteiger partial charge is 0.340 e. The van der Waals surface area contributed by atoms with E-state index in [0.29, 0.717) is 11.1 Å². The van der Waals surface area contributed by atoms with Crippen LogP contribution < -0.4 is 5.63 Å². The Hall–Kier alpha value is -1.91. The van der Waals surface area contributed by atoms with Gasteiger partial charge in [-0.25, -0.2) is 9.18 Å². The third kappa shape index (κ3) is 1.66. The van der Waals surface area contributed by atoms with Crippen LogP contribution >= 0.6 is 0 Å². The number of aromatic hydroxyl groups is 1. The van der Waals surface area contributed by atoms with Gasteiger partial charge in [-0.1, -0.05) is 13.8 Å². The van der Waals surface area contributed by atoms with Crippen LogP contribution in [0.2, 0.25) is 0 Å². The van der Waals surface area contributed by atoms with E-state index in [1.165, 1.54) is 0 Å². The number of phenolic OH excluding ortho intramolecular Hbond substituents is 1. The molecule has 0 saturated carbocycles. The van der Waals surface area contributed by atoms with Crippen LogP contribution in [0.4, 0.5) is 8.78 Å². The van der Waals surface area contributed by atoms with Crippen molar-refractivity contribution in [3.63, 3.8) is 0 Å². The summed E-state index contributed by atoms with van der Waals surface area (Å²) in [4.78, 5) is 11.7. The second-order valence-electron chi connectivity index (χ2n) is 4.48. The number of benzene rings is 1. The van der Waals surface area contributed by atoms with E-state index in [9.17, 15) is 13.6 Å². The van der Waals surface area contributed by atoms with E-state index < -0.39 is 28.6 Å². The monoisotopic (exact) mass is 254 g/mol. The molecular formula is C13H12F2O3. The quantitative estimate of drug-likeness (QED) is 0.795. The predicted molar refractivity (Wildman–Crippen MR) is 62.9 cm³/mol. The number of phenols is 1. The molecule has 1 heterocycles. The Morgan fingerprint density at radius 3 is 2.50 bits per heavy atom. The van der Waals surface area contributed by atoms with Crippen molar-refractivity contribution >= 4 is 11.0 Å². The summed E-state index contributed by atoms with van der Waals surface area (Å²) in [5, 5.41) is 9.31. The highest BCUT2D eigenvalue weighted by molar-refractivity contribution is 5.83. The zero-order chi connectivity index (χ0) is 13.6. The van der Waals surface area contributed by atoms with Gasteiger partial charge in [-0.2, -0.15) is 4.39 Å². The molecule has 5 heteroatoms. The predicted octanol–water partition coefficient (Wildman–Crippen LogP) is 3.21. The molecule has 0 fully saturated rings. The Morgan fingerprint density at radius 1 is 1.33 bits per heavy atom. The van der Waals surface area contributed by atoms with Crippen molar-refractivity contribution < 1.29 is 18.3 Å². The van der Waals surface area contributed by atoms with Crippen LogP contribution in [0.25, 0.3) is 11.0 Å². The lowest BCUT2D eigenvalue weighted by atomic mass is 9.97. The first kappa shape index (κ1) is 12.5. The van der Waals surface area contributed by atoms with Gasteiger partial charge in [0, 0.05) is 10.9 Å². The maximum absolute atomic E-state index is 13.6. The van der Waals surface area contributed by atoms with E-state index >= 15 is 0 Å². The average Bonchev–Trinajstić information content (AvgIpc) is 2.28. The molecule has 1 N–H and O–H groups in total. The van der Waals surface area contributed by atoms with Crippen LogP contribution in [0.1, 0.15) is 30.9 Å². The van der Waals surface area contributed by atoms with Crippen molar-refractivity contribution in [3.8, 4) is 5.75 Å². The van der Waals surface area contributed by atoms with Crippen LogP contribution in [-0.4, -0.2) is 5.11 Å². The second kappa shape index (κ2) is 4.08. The standard InChI is InChI=1S/C13H12F2O3/c1-5(2)9-6(3)7-4-8(14)11(16)10(15)12(7)18-13(9)17/h4-5,16H,1-3H3. The number of rotatable bonds is 1. The van der Waals surface area contributed by atoms with Gasteiger partial charge in [0.1, 0.15) is 0 Å². The summed E-state index contributed by atoms with van der Waals surface area (Å²) in [6.45, 7) is 5.18. The minimum atomic E-state index is -1.25. The fraction of sp³-hybridized carbons (Fsp3) is 0.308. The molecule has 0 bridgehead atoms. The van der Waals surface area contributed by atoms with Crippen molar-refractivity contribution in [2.75, 3.05) is 0 Å². The van der Waals surface area contributed by atoms with Gasteiger partial charge in [-0.05, 0) is 24.5 Å². The van der Waals surface area contributed by atoms with Crippen molar-refractivity contribution in [1.82, 2.24) is 0 Å². The van der Waals surface area contributed by atoms with Gasteiger partial charge in [0.25, 0.3) is 0 Å². The van der Waals surface area contributed by atoms with Crippen molar-refractivity contribution in [3.05, 3.63) is 39.2 Å². The largest absolute Gasteiger partial charge is 0.503 e. The molecule has 0 atom stereocenters. The van der Waals surface area contributed by atoms with E-state index in [1.807, 2.05) is 0 Å². The molecule has 0 saturated heterocycles. The molecule has 1 aromatic heterocycles. The topological polar surface area (TPSA) is 50.4 Å². The molecule has 96 valence electrons. The molecule has 3 nitrogen and oxygen atoms in total. The summed E-state index contributed by atoms with van der Waals surface area (Å²) in [6, 6.07) is 0.970. The van der Waals surface area contributed by atoms with Crippen molar-refractivity contribution in [2.45, 2.75) is 26.7 Å². The van der Waals surface area contributed by atoms with Crippen molar-refractivity contribution in [2.24, 2.45) is 0 Å². The Kier molecular flexibility index (Phi) is 2.84. The van der Waals surface area contributed by atoms with E-state index in [4.69, 9.17) is 9.52 Å². The van der Waals surface area contributed by atoms with E-state index in [1.54, 1.807) is 20.8 Å². The molecule has 18 heavy (non-hydrogen) atoms. The third-order valence-corrected chi connectivity index (χ3v) is 2.95. The fourth-order valence-corrected chi connectivity index (χ4v) is 2.08. The summed E-state index contributed by atoms with van der Waals surface area (Å²) in [5.74, 6) is -3.58. The van der Waals surface area contributed by atoms with Crippen LogP contribution in [-0.2, 0) is 0 Å². The molecule has 0 aliphatic heterocycles. The van der Waals surface area contributed by atoms with Gasteiger partial charge in [-0.3, -0.25) is 0 Å². The number of hydrogen-bond donors (Lipinski definition) is 1. The maximum atomic E-state index is 13.6. The molecule has 2 aromatic rings. The minimum absolute atomic E-state index is 0.120. The first-order chi connectivity index (χ1) is 8.34. The lowest BCUT2D eigenvalue weighted by Crippen LogP contribution is -2.12. The number of halogens is 2. The first-order valence-corrected chi connectivity index (χ1v) is 5.48. The van der Waals surface area contributed by atoms with Gasteiger partial charge in [0.2, 0.25) is 5.82 Å². The number of aryl methyl sites for hydroxylation is 1. The Bertz CT molecular complexity index is 687. The van der Waals surface area contributed by atoms with E-state index in [0.717, 1.165) is 6.07 Å². The van der Waals surface area contributed by atoms with Crippen molar-refractivity contribution in [1.29, 1.82) is 0 Å². The molecule has 0 aliphatic rings. The normalized spacial score (nSPS) is 11.4. The molecule has 0 unspecified atom stereocenters. The lowest BCUT2D eigenvalue weighted by Gasteiger charge is -2.11. The van der Waals surface area contributed by atoms with Crippen LogP contribution in [0.15, 0.2) is 15.3 Å². The summed E-state index contributed by atoms with van der Waals surface area (Å²) in [7, 11) is 0. The molecule has 1 aromatic carbocycles. The third-order valence-electron chi connectivity index (χ3n) is 2.95. The number of fused-ring (bicyclic) bond motifs is 1. The van der Waals surface area contributed by atoms with Crippen LogP contribution in [0.3, 0.4) is 0 Å². The Balaban J connectivity index is 3.01. The molecule has 0 radical (unpaired) electrons. The van der Waals surface area contributed by atoms with E-state index in [2.05, 4.69) is 0 Å². The zero-order valence-electron chi connectivity index (χ0n) is 10.2. The minimum Gasteiger partial charge on any atom is -0.503 e. The maximum Gasteiger partial charge on any atom is 0.340 e. The highest BCUT2D eigenvalue weighted by Crippen LogP contribution is 2.31. The first-order valence-electron chi connectivity index (χ1n) is 5.48.